The highest BCUT2D eigenvalue weighted by atomic mass is 16.5. The maximum Gasteiger partial charge on any atom is 0.335 e. The fourth-order valence-corrected chi connectivity index (χ4v) is 1.92. The lowest BCUT2D eigenvalue weighted by Crippen LogP contribution is -1.97. The molecule has 2 aromatic heterocycles. The average Bonchev–Trinajstić information content (AvgIpc) is 2.88. The minimum atomic E-state index is -0.966. The van der Waals surface area contributed by atoms with Gasteiger partial charge in [-0.15, -0.1) is 0 Å². The van der Waals surface area contributed by atoms with Gasteiger partial charge in [-0.25, -0.2) is 4.79 Å². The van der Waals surface area contributed by atoms with Crippen LogP contribution in [0.5, 0.6) is 5.75 Å². The maximum absolute atomic E-state index is 11.0. The first-order valence-electron chi connectivity index (χ1n) is 6.00. The number of fused-ring (bicyclic) bond motifs is 1. The first-order chi connectivity index (χ1) is 9.74. The highest BCUT2D eigenvalue weighted by Gasteiger charge is 2.10. The molecule has 20 heavy (non-hydrogen) atoms. The zero-order chi connectivity index (χ0) is 13.9. The maximum atomic E-state index is 11.0. The van der Waals surface area contributed by atoms with E-state index in [-0.39, 0.29) is 5.56 Å². The van der Waals surface area contributed by atoms with E-state index >= 15 is 0 Å². The van der Waals surface area contributed by atoms with Crippen LogP contribution in [-0.4, -0.2) is 16.1 Å². The fraction of sp³-hybridized carbons (Fsp3) is 0.0667. The van der Waals surface area contributed by atoms with E-state index in [0.29, 0.717) is 17.9 Å². The van der Waals surface area contributed by atoms with Gasteiger partial charge < -0.3 is 14.3 Å². The third-order valence-corrected chi connectivity index (χ3v) is 2.93. The van der Waals surface area contributed by atoms with Crippen molar-refractivity contribution in [2.45, 2.75) is 6.61 Å². The van der Waals surface area contributed by atoms with Gasteiger partial charge in [0, 0.05) is 17.1 Å². The highest BCUT2D eigenvalue weighted by molar-refractivity contribution is 5.93. The van der Waals surface area contributed by atoms with Crippen molar-refractivity contribution in [2.75, 3.05) is 0 Å². The molecular formula is C15H11NO4. The smallest absolute Gasteiger partial charge is 0.335 e. The van der Waals surface area contributed by atoms with Crippen LogP contribution in [0.3, 0.4) is 0 Å². The number of pyridine rings is 1. The summed E-state index contributed by atoms with van der Waals surface area (Å²) in [6.45, 7) is 0.293. The van der Waals surface area contributed by atoms with Crippen LogP contribution in [0.4, 0.5) is 0 Å². The summed E-state index contributed by atoms with van der Waals surface area (Å²) in [5.74, 6) is -0.316. The minimum Gasteiger partial charge on any atom is -0.487 e. The Hall–Kier alpha value is -2.82. The molecule has 0 unspecified atom stereocenters. The van der Waals surface area contributed by atoms with Crippen LogP contribution in [0.2, 0.25) is 0 Å². The van der Waals surface area contributed by atoms with Crippen molar-refractivity contribution in [1.29, 1.82) is 0 Å². The molecule has 1 aromatic carbocycles. The molecule has 5 heteroatoms. The number of ether oxygens (including phenoxy) is 1. The molecule has 0 amide bonds. The third kappa shape index (κ3) is 2.33. The largest absolute Gasteiger partial charge is 0.487 e. The Morgan fingerprint density at radius 1 is 1.35 bits per heavy atom. The summed E-state index contributed by atoms with van der Waals surface area (Å²) in [6.07, 6.45) is 4.86. The number of carboxylic acids is 1. The molecule has 1 N–H and O–H groups in total. The minimum absolute atomic E-state index is 0.224. The van der Waals surface area contributed by atoms with Gasteiger partial charge in [-0.2, -0.15) is 0 Å². The Labute approximate surface area is 114 Å². The van der Waals surface area contributed by atoms with E-state index < -0.39 is 5.97 Å². The molecule has 0 aliphatic carbocycles. The predicted octanol–water partition coefficient (Wildman–Crippen LogP) is 3.11. The van der Waals surface area contributed by atoms with E-state index in [4.69, 9.17) is 14.3 Å². The van der Waals surface area contributed by atoms with E-state index in [2.05, 4.69) is 4.98 Å². The fourth-order valence-electron chi connectivity index (χ4n) is 1.92. The van der Waals surface area contributed by atoms with Crippen molar-refractivity contribution in [3.8, 4) is 5.75 Å². The predicted molar refractivity (Wildman–Crippen MR) is 71.7 cm³/mol. The summed E-state index contributed by atoms with van der Waals surface area (Å²) in [4.78, 5) is 14.9. The Balaban J connectivity index is 1.88. The number of hydrogen-bond donors (Lipinski definition) is 1. The van der Waals surface area contributed by atoms with Gasteiger partial charge in [-0.05, 0) is 30.3 Å². The number of benzene rings is 1. The number of carboxylic acid groups (broad SMARTS) is 1. The standard InChI is InChI=1S/C15H11NO4/c17-15(18)10-3-4-14-13(6-10)11(9-20-14)8-19-12-2-1-5-16-7-12/h1-7,9H,8H2,(H,17,18). The molecule has 0 saturated heterocycles. The normalized spacial score (nSPS) is 10.6. The molecular weight excluding hydrogens is 258 g/mol. The molecule has 3 rings (SSSR count). The van der Waals surface area contributed by atoms with Gasteiger partial charge in [0.2, 0.25) is 0 Å². The van der Waals surface area contributed by atoms with Gasteiger partial charge >= 0.3 is 5.97 Å². The Bertz CT molecular complexity index is 749. The number of carbonyl (C=O) groups is 1. The first kappa shape index (κ1) is 12.2. The summed E-state index contributed by atoms with van der Waals surface area (Å²) in [5, 5.41) is 9.75. The lowest BCUT2D eigenvalue weighted by Gasteiger charge is -2.03. The van der Waals surface area contributed by atoms with Crippen LogP contribution in [0.25, 0.3) is 11.0 Å². The molecule has 0 spiro atoms. The van der Waals surface area contributed by atoms with Crippen LogP contribution >= 0.6 is 0 Å². The molecule has 0 saturated carbocycles. The molecule has 3 aromatic rings. The van der Waals surface area contributed by atoms with E-state index in [9.17, 15) is 4.79 Å². The highest BCUT2D eigenvalue weighted by Crippen LogP contribution is 2.24. The van der Waals surface area contributed by atoms with Gasteiger partial charge in [0.15, 0.2) is 0 Å². The topological polar surface area (TPSA) is 72.6 Å². The lowest BCUT2D eigenvalue weighted by molar-refractivity contribution is 0.0697. The van der Waals surface area contributed by atoms with Gasteiger partial charge in [-0.1, -0.05) is 0 Å². The van der Waals surface area contributed by atoms with Gasteiger partial charge in [0.25, 0.3) is 0 Å². The van der Waals surface area contributed by atoms with Crippen LogP contribution in [0, 0.1) is 0 Å². The summed E-state index contributed by atoms with van der Waals surface area (Å²) in [6, 6.07) is 8.33. The monoisotopic (exact) mass is 269 g/mol. The van der Waals surface area contributed by atoms with E-state index in [1.807, 2.05) is 0 Å². The molecule has 0 atom stereocenters. The van der Waals surface area contributed by atoms with Crippen LogP contribution in [0.1, 0.15) is 15.9 Å². The zero-order valence-electron chi connectivity index (χ0n) is 10.4. The van der Waals surface area contributed by atoms with Gasteiger partial charge in [-0.3, -0.25) is 4.98 Å². The van der Waals surface area contributed by atoms with Crippen molar-refractivity contribution in [3.05, 3.63) is 60.1 Å². The third-order valence-electron chi connectivity index (χ3n) is 2.93. The molecule has 0 aliphatic heterocycles. The molecule has 0 bridgehead atoms. The summed E-state index contributed by atoms with van der Waals surface area (Å²) in [7, 11) is 0. The summed E-state index contributed by atoms with van der Waals surface area (Å²) < 4.78 is 11.0. The van der Waals surface area contributed by atoms with Crippen molar-refractivity contribution in [1.82, 2.24) is 4.98 Å². The van der Waals surface area contributed by atoms with Crippen LogP contribution in [0.15, 0.2) is 53.4 Å². The van der Waals surface area contributed by atoms with E-state index in [0.717, 1.165) is 10.9 Å². The molecule has 2 heterocycles. The van der Waals surface area contributed by atoms with Gasteiger partial charge in [0.1, 0.15) is 17.9 Å². The van der Waals surface area contributed by atoms with Crippen molar-refractivity contribution in [3.63, 3.8) is 0 Å². The van der Waals surface area contributed by atoms with E-state index in [1.54, 1.807) is 42.9 Å². The molecule has 5 nitrogen and oxygen atoms in total. The zero-order valence-corrected chi connectivity index (χ0v) is 10.4. The molecule has 0 aliphatic rings. The Morgan fingerprint density at radius 2 is 2.25 bits per heavy atom. The quantitative estimate of drug-likeness (QED) is 0.787. The van der Waals surface area contributed by atoms with E-state index in [1.165, 1.54) is 6.07 Å². The first-order valence-corrected chi connectivity index (χ1v) is 6.00. The second kappa shape index (κ2) is 5.05. The van der Waals surface area contributed by atoms with Gasteiger partial charge in [0.05, 0.1) is 18.0 Å². The number of nitrogens with zero attached hydrogens (tertiary/aromatic N) is 1. The molecule has 0 radical (unpaired) electrons. The Morgan fingerprint density at radius 3 is 3.00 bits per heavy atom. The second-order valence-corrected chi connectivity index (χ2v) is 4.25. The van der Waals surface area contributed by atoms with Crippen LogP contribution < -0.4 is 4.74 Å². The van der Waals surface area contributed by atoms with Crippen molar-refractivity contribution in [2.24, 2.45) is 0 Å². The molecule has 100 valence electrons. The number of rotatable bonds is 4. The summed E-state index contributed by atoms with van der Waals surface area (Å²) in [5.41, 5.74) is 1.66. The number of aromatic nitrogens is 1. The average molecular weight is 269 g/mol. The van der Waals surface area contributed by atoms with Crippen LogP contribution in [-0.2, 0) is 6.61 Å². The SMILES string of the molecule is O=C(O)c1ccc2occ(COc3cccnc3)c2c1. The number of hydrogen-bond acceptors (Lipinski definition) is 4. The Kier molecular flexibility index (Phi) is 3.09. The molecule has 0 fully saturated rings. The lowest BCUT2D eigenvalue weighted by atomic mass is 10.1. The van der Waals surface area contributed by atoms with Crippen molar-refractivity contribution < 1.29 is 19.1 Å². The van der Waals surface area contributed by atoms with Crippen molar-refractivity contribution >= 4 is 16.9 Å². The second-order valence-electron chi connectivity index (χ2n) is 4.25. The number of aromatic carboxylic acids is 1. The number of furan rings is 1. The summed E-state index contributed by atoms with van der Waals surface area (Å²) >= 11 is 0.